The Balaban J connectivity index is 1.32. The molecule has 24 heavy (non-hydrogen) atoms. The minimum atomic E-state index is -0.0783. The van der Waals surface area contributed by atoms with Gasteiger partial charge in [-0.15, -0.1) is 0 Å². The highest BCUT2D eigenvalue weighted by Crippen LogP contribution is 2.33. The van der Waals surface area contributed by atoms with Gasteiger partial charge in [0.1, 0.15) is 0 Å². The lowest BCUT2D eigenvalue weighted by molar-refractivity contribution is -0.123. The molecular weight excluding hydrogens is 302 g/mol. The standard InChI is InChI=1S/C19H27N3O2/c23-18(21-13-14-6-2-1-3-7-14)10-11-20-19(24)17-12-15-8-4-5-9-16(15)22-17/h1-3,6-7,15-17,22H,4-5,8-13H2,(H,20,24)(H,21,23). The molecule has 1 aromatic rings. The van der Waals surface area contributed by atoms with E-state index in [4.69, 9.17) is 0 Å². The van der Waals surface area contributed by atoms with E-state index in [1.54, 1.807) is 0 Å². The Morgan fingerprint density at radius 3 is 2.67 bits per heavy atom. The predicted octanol–water partition coefficient (Wildman–Crippen LogP) is 1.73. The normalized spacial score (nSPS) is 25.8. The van der Waals surface area contributed by atoms with E-state index in [0.29, 0.717) is 31.5 Å². The van der Waals surface area contributed by atoms with Crippen LogP contribution >= 0.6 is 0 Å². The molecule has 1 aliphatic carbocycles. The maximum atomic E-state index is 12.2. The molecule has 3 atom stereocenters. The minimum Gasteiger partial charge on any atom is -0.354 e. The van der Waals surface area contributed by atoms with Gasteiger partial charge in [-0.25, -0.2) is 0 Å². The van der Waals surface area contributed by atoms with Gasteiger partial charge >= 0.3 is 0 Å². The van der Waals surface area contributed by atoms with Crippen LogP contribution in [0, 0.1) is 5.92 Å². The summed E-state index contributed by atoms with van der Waals surface area (Å²) in [6.45, 7) is 0.925. The van der Waals surface area contributed by atoms with Crippen LogP contribution in [0.25, 0.3) is 0 Å². The summed E-state index contributed by atoms with van der Waals surface area (Å²) in [7, 11) is 0. The SMILES string of the molecule is O=C(CCNC(=O)C1CC2CCCCC2N1)NCc1ccccc1. The number of fused-ring (bicyclic) bond motifs is 1. The third kappa shape index (κ3) is 4.57. The topological polar surface area (TPSA) is 70.2 Å². The first-order valence-electron chi connectivity index (χ1n) is 9.07. The first kappa shape index (κ1) is 17.0. The number of carbonyl (C=O) groups is 2. The number of hydrogen-bond acceptors (Lipinski definition) is 3. The first-order chi connectivity index (χ1) is 11.7. The van der Waals surface area contributed by atoms with Gasteiger partial charge in [0.05, 0.1) is 6.04 Å². The summed E-state index contributed by atoms with van der Waals surface area (Å²) in [4.78, 5) is 24.1. The van der Waals surface area contributed by atoms with Crippen LogP contribution in [0.15, 0.2) is 30.3 Å². The van der Waals surface area contributed by atoms with Gasteiger partial charge in [0.25, 0.3) is 0 Å². The predicted molar refractivity (Wildman–Crippen MR) is 93.2 cm³/mol. The monoisotopic (exact) mass is 329 g/mol. The van der Waals surface area contributed by atoms with Crippen molar-refractivity contribution in [2.45, 2.75) is 57.2 Å². The van der Waals surface area contributed by atoms with E-state index in [2.05, 4.69) is 16.0 Å². The van der Waals surface area contributed by atoms with Crippen molar-refractivity contribution in [1.82, 2.24) is 16.0 Å². The molecule has 2 aliphatic rings. The Morgan fingerprint density at radius 2 is 1.88 bits per heavy atom. The highest BCUT2D eigenvalue weighted by Gasteiger charge is 2.37. The van der Waals surface area contributed by atoms with Crippen molar-refractivity contribution in [2.75, 3.05) is 6.54 Å². The summed E-state index contributed by atoms with van der Waals surface area (Å²) in [5.74, 6) is 0.663. The molecule has 5 heteroatoms. The van der Waals surface area contributed by atoms with E-state index in [-0.39, 0.29) is 17.9 Å². The average Bonchev–Trinajstić information content (AvgIpc) is 3.05. The summed E-state index contributed by atoms with van der Waals surface area (Å²) in [5.41, 5.74) is 1.08. The molecular formula is C19H27N3O2. The number of benzene rings is 1. The van der Waals surface area contributed by atoms with Crippen LogP contribution in [0.1, 0.15) is 44.1 Å². The molecule has 5 nitrogen and oxygen atoms in total. The van der Waals surface area contributed by atoms with E-state index < -0.39 is 0 Å². The number of amides is 2. The van der Waals surface area contributed by atoms with E-state index >= 15 is 0 Å². The molecule has 0 aromatic heterocycles. The van der Waals surface area contributed by atoms with Crippen molar-refractivity contribution in [3.8, 4) is 0 Å². The molecule has 2 amide bonds. The van der Waals surface area contributed by atoms with Crippen LogP contribution in [0.3, 0.4) is 0 Å². The Morgan fingerprint density at radius 1 is 1.08 bits per heavy atom. The summed E-state index contributed by atoms with van der Waals surface area (Å²) in [5, 5.41) is 9.24. The Labute approximate surface area is 143 Å². The molecule has 0 spiro atoms. The average molecular weight is 329 g/mol. The molecule has 3 N–H and O–H groups in total. The van der Waals surface area contributed by atoms with Crippen LogP contribution < -0.4 is 16.0 Å². The summed E-state index contributed by atoms with van der Waals surface area (Å²) >= 11 is 0. The molecule has 3 rings (SSSR count). The van der Waals surface area contributed by atoms with Gasteiger partial charge < -0.3 is 16.0 Å². The maximum absolute atomic E-state index is 12.2. The van der Waals surface area contributed by atoms with E-state index in [9.17, 15) is 9.59 Å². The number of rotatable bonds is 6. The zero-order valence-corrected chi connectivity index (χ0v) is 14.1. The molecule has 1 saturated heterocycles. The van der Waals surface area contributed by atoms with Crippen molar-refractivity contribution < 1.29 is 9.59 Å². The van der Waals surface area contributed by atoms with Crippen LogP contribution in [0.5, 0.6) is 0 Å². The van der Waals surface area contributed by atoms with Crippen molar-refractivity contribution in [3.05, 3.63) is 35.9 Å². The quantitative estimate of drug-likeness (QED) is 0.744. The Bertz CT molecular complexity index is 547. The van der Waals surface area contributed by atoms with Gasteiger partial charge in [0.15, 0.2) is 0 Å². The van der Waals surface area contributed by atoms with Gasteiger partial charge in [-0.1, -0.05) is 43.2 Å². The maximum Gasteiger partial charge on any atom is 0.237 e. The molecule has 1 heterocycles. The molecule has 2 fully saturated rings. The zero-order valence-electron chi connectivity index (χ0n) is 14.1. The lowest BCUT2D eigenvalue weighted by atomic mass is 9.85. The Kier molecular flexibility index (Phi) is 5.86. The second-order valence-corrected chi connectivity index (χ2v) is 6.91. The van der Waals surface area contributed by atoms with Crippen LogP contribution in [-0.4, -0.2) is 30.4 Å². The third-order valence-electron chi connectivity index (χ3n) is 5.16. The molecule has 130 valence electrons. The number of hydrogen-bond donors (Lipinski definition) is 3. The highest BCUT2D eigenvalue weighted by molar-refractivity contribution is 5.83. The van der Waals surface area contributed by atoms with Gasteiger partial charge in [-0.05, 0) is 30.7 Å². The van der Waals surface area contributed by atoms with Crippen LogP contribution in [0.2, 0.25) is 0 Å². The summed E-state index contributed by atoms with van der Waals surface area (Å²) in [6.07, 6.45) is 6.25. The van der Waals surface area contributed by atoms with E-state index in [1.807, 2.05) is 30.3 Å². The fraction of sp³-hybridized carbons (Fsp3) is 0.579. The van der Waals surface area contributed by atoms with Crippen molar-refractivity contribution in [3.63, 3.8) is 0 Å². The molecule has 1 saturated carbocycles. The van der Waals surface area contributed by atoms with Gasteiger partial charge in [0.2, 0.25) is 11.8 Å². The molecule has 3 unspecified atom stereocenters. The van der Waals surface area contributed by atoms with Crippen LogP contribution in [0.4, 0.5) is 0 Å². The fourth-order valence-electron chi connectivity index (χ4n) is 3.83. The molecule has 0 bridgehead atoms. The van der Waals surface area contributed by atoms with Crippen LogP contribution in [-0.2, 0) is 16.1 Å². The van der Waals surface area contributed by atoms with Gasteiger partial charge in [-0.2, -0.15) is 0 Å². The smallest absolute Gasteiger partial charge is 0.237 e. The van der Waals surface area contributed by atoms with Crippen molar-refractivity contribution in [2.24, 2.45) is 5.92 Å². The van der Waals surface area contributed by atoms with Crippen molar-refractivity contribution >= 4 is 11.8 Å². The van der Waals surface area contributed by atoms with Gasteiger partial charge in [0, 0.05) is 25.6 Å². The highest BCUT2D eigenvalue weighted by atomic mass is 16.2. The van der Waals surface area contributed by atoms with Crippen molar-refractivity contribution in [1.29, 1.82) is 0 Å². The molecule has 0 radical (unpaired) electrons. The number of carbonyl (C=O) groups excluding carboxylic acids is 2. The molecule has 1 aliphatic heterocycles. The second-order valence-electron chi connectivity index (χ2n) is 6.91. The lowest BCUT2D eigenvalue weighted by Gasteiger charge is -2.24. The van der Waals surface area contributed by atoms with E-state index in [1.165, 1.54) is 25.7 Å². The van der Waals surface area contributed by atoms with E-state index in [0.717, 1.165) is 12.0 Å². The third-order valence-corrected chi connectivity index (χ3v) is 5.16. The molecule has 1 aromatic carbocycles. The minimum absolute atomic E-state index is 0.0350. The summed E-state index contributed by atoms with van der Waals surface area (Å²) < 4.78 is 0. The van der Waals surface area contributed by atoms with Gasteiger partial charge in [-0.3, -0.25) is 9.59 Å². The second kappa shape index (κ2) is 8.29. The first-order valence-corrected chi connectivity index (χ1v) is 9.07. The fourth-order valence-corrected chi connectivity index (χ4v) is 3.83. The number of nitrogens with one attached hydrogen (secondary N) is 3. The lowest BCUT2D eigenvalue weighted by Crippen LogP contribution is -2.44. The summed E-state index contributed by atoms with van der Waals surface area (Å²) in [6, 6.07) is 10.3. The Hall–Kier alpha value is -1.88. The largest absolute Gasteiger partial charge is 0.354 e. The zero-order chi connectivity index (χ0) is 16.8.